The number of aryl methyl sites for hydroxylation is 1. The third kappa shape index (κ3) is 7.04. The molecule has 0 bridgehead atoms. The lowest BCUT2D eigenvalue weighted by molar-refractivity contribution is -0.192. The standard InChI is InChI=1S/C17H23F3N4O2S.C2HF3O2/c1-12-21-13(11-27-12)10-24-8-7-22(2)15(26)16(24)3-5-23(6-4-16)14(25)9-17(18,19)20;3-2(4,5)1(6)7/h11H,3-10H2,1-2H3;(H,6,7). The van der Waals surface area contributed by atoms with Crippen LogP contribution in [-0.2, 0) is 20.9 Å². The van der Waals surface area contributed by atoms with Crippen molar-refractivity contribution in [1.29, 1.82) is 0 Å². The Hall–Kier alpha value is -2.42. The fourth-order valence-electron chi connectivity index (χ4n) is 3.92. The van der Waals surface area contributed by atoms with Gasteiger partial charge in [0.15, 0.2) is 0 Å². The fourth-order valence-corrected chi connectivity index (χ4v) is 4.53. The molecule has 0 unspecified atom stereocenters. The summed E-state index contributed by atoms with van der Waals surface area (Å²) >= 11 is 1.55. The number of aliphatic carboxylic acids is 1. The van der Waals surface area contributed by atoms with Gasteiger partial charge in [-0.15, -0.1) is 11.3 Å². The van der Waals surface area contributed by atoms with Crippen LogP contribution in [0.4, 0.5) is 26.3 Å². The maximum atomic E-state index is 13.0. The summed E-state index contributed by atoms with van der Waals surface area (Å²) in [5, 5.41) is 10.0. The molecular weight excluding hydrogens is 494 g/mol. The van der Waals surface area contributed by atoms with Gasteiger partial charge in [-0.3, -0.25) is 14.5 Å². The number of nitrogens with zero attached hydrogens (tertiary/aromatic N) is 4. The number of likely N-dealkylation sites (N-methyl/N-ethyl adjacent to an activating group) is 1. The number of carboxylic acid groups (broad SMARTS) is 1. The summed E-state index contributed by atoms with van der Waals surface area (Å²) in [6.45, 7) is 4.03. The number of piperazine rings is 1. The highest BCUT2D eigenvalue weighted by Gasteiger charge is 2.50. The number of amides is 2. The van der Waals surface area contributed by atoms with Crippen molar-refractivity contribution in [1.82, 2.24) is 19.7 Å². The zero-order chi connectivity index (χ0) is 25.9. The number of likely N-dealkylation sites (tertiary alicyclic amines) is 1. The van der Waals surface area contributed by atoms with Gasteiger partial charge >= 0.3 is 18.3 Å². The van der Waals surface area contributed by atoms with Crippen LogP contribution in [0.25, 0.3) is 0 Å². The van der Waals surface area contributed by atoms with Crippen molar-refractivity contribution in [2.75, 3.05) is 33.2 Å². The van der Waals surface area contributed by atoms with Crippen molar-refractivity contribution in [3.8, 4) is 0 Å². The molecule has 2 fully saturated rings. The molecule has 192 valence electrons. The SMILES string of the molecule is Cc1nc(CN2CCN(C)C(=O)C23CCN(C(=O)CC(F)(F)F)CC3)cs1.O=C(O)C(F)(F)F. The molecule has 1 N–H and O–H groups in total. The van der Waals surface area contributed by atoms with Crippen molar-refractivity contribution in [2.24, 2.45) is 0 Å². The molecule has 0 atom stereocenters. The molecule has 1 aromatic rings. The van der Waals surface area contributed by atoms with Gasteiger partial charge in [0, 0.05) is 45.2 Å². The summed E-state index contributed by atoms with van der Waals surface area (Å²) in [6.07, 6.45) is -10.4. The van der Waals surface area contributed by atoms with Crippen LogP contribution in [0.5, 0.6) is 0 Å². The van der Waals surface area contributed by atoms with Gasteiger partial charge in [-0.05, 0) is 19.8 Å². The summed E-state index contributed by atoms with van der Waals surface area (Å²) in [6, 6.07) is 0. The van der Waals surface area contributed by atoms with Crippen molar-refractivity contribution < 1.29 is 45.8 Å². The largest absolute Gasteiger partial charge is 0.490 e. The summed E-state index contributed by atoms with van der Waals surface area (Å²) in [5.74, 6) is -3.70. The van der Waals surface area contributed by atoms with E-state index in [1.54, 1.807) is 23.3 Å². The number of halogens is 6. The van der Waals surface area contributed by atoms with Crippen LogP contribution >= 0.6 is 11.3 Å². The Balaban J connectivity index is 0.000000509. The van der Waals surface area contributed by atoms with E-state index in [0.29, 0.717) is 32.5 Å². The van der Waals surface area contributed by atoms with Gasteiger partial charge in [0.2, 0.25) is 11.8 Å². The second-order valence-corrected chi connectivity index (χ2v) is 9.08. The second kappa shape index (κ2) is 10.5. The molecule has 0 aliphatic carbocycles. The highest BCUT2D eigenvalue weighted by Crippen LogP contribution is 2.35. The van der Waals surface area contributed by atoms with Crippen molar-refractivity contribution in [2.45, 2.75) is 50.6 Å². The first-order valence-corrected chi connectivity index (χ1v) is 11.0. The summed E-state index contributed by atoms with van der Waals surface area (Å²) in [7, 11) is 1.75. The van der Waals surface area contributed by atoms with E-state index in [2.05, 4.69) is 9.88 Å². The summed E-state index contributed by atoms with van der Waals surface area (Å²) in [5.41, 5.74) is 0.115. The maximum absolute atomic E-state index is 13.0. The van der Waals surface area contributed by atoms with Gasteiger partial charge in [0.25, 0.3) is 0 Å². The van der Waals surface area contributed by atoms with Crippen molar-refractivity contribution in [3.05, 3.63) is 16.1 Å². The molecule has 0 saturated carbocycles. The number of carbonyl (C=O) groups is 3. The lowest BCUT2D eigenvalue weighted by atomic mass is 9.82. The van der Waals surface area contributed by atoms with E-state index < -0.39 is 36.2 Å². The molecule has 34 heavy (non-hydrogen) atoms. The molecule has 0 radical (unpaired) electrons. The minimum atomic E-state index is -5.08. The maximum Gasteiger partial charge on any atom is 0.490 e. The molecule has 1 spiro atoms. The Bertz CT molecular complexity index is 896. The predicted molar refractivity (Wildman–Crippen MR) is 108 cm³/mol. The zero-order valence-electron chi connectivity index (χ0n) is 18.4. The van der Waals surface area contributed by atoms with Gasteiger partial charge in [0.05, 0.1) is 10.7 Å². The lowest BCUT2D eigenvalue weighted by Crippen LogP contribution is -2.68. The van der Waals surface area contributed by atoms with Gasteiger partial charge in [-0.2, -0.15) is 26.3 Å². The summed E-state index contributed by atoms with van der Waals surface area (Å²) in [4.78, 5) is 43.3. The number of carbonyl (C=O) groups excluding carboxylic acids is 2. The van der Waals surface area contributed by atoms with Crippen LogP contribution in [0.1, 0.15) is 30.0 Å². The number of piperidine rings is 1. The van der Waals surface area contributed by atoms with E-state index >= 15 is 0 Å². The van der Waals surface area contributed by atoms with Crippen LogP contribution < -0.4 is 0 Å². The predicted octanol–water partition coefficient (Wildman–Crippen LogP) is 2.67. The van der Waals surface area contributed by atoms with Crippen molar-refractivity contribution >= 4 is 29.1 Å². The average molecular weight is 518 g/mol. The number of hydrogen-bond acceptors (Lipinski definition) is 6. The van der Waals surface area contributed by atoms with E-state index in [0.717, 1.165) is 10.7 Å². The van der Waals surface area contributed by atoms with Crippen molar-refractivity contribution in [3.63, 3.8) is 0 Å². The first kappa shape index (κ1) is 27.8. The Kier molecular flexibility index (Phi) is 8.56. The van der Waals surface area contributed by atoms with E-state index in [4.69, 9.17) is 9.90 Å². The minimum absolute atomic E-state index is 0.0244. The second-order valence-electron chi connectivity index (χ2n) is 8.01. The van der Waals surface area contributed by atoms with Crippen LogP contribution in [-0.4, -0.2) is 93.7 Å². The Morgan fingerprint density at radius 1 is 1.12 bits per heavy atom. The van der Waals surface area contributed by atoms with E-state index in [1.165, 1.54) is 4.90 Å². The quantitative estimate of drug-likeness (QED) is 0.619. The molecule has 15 heteroatoms. The van der Waals surface area contributed by atoms with Gasteiger partial charge in [-0.25, -0.2) is 9.78 Å². The Morgan fingerprint density at radius 2 is 1.68 bits per heavy atom. The highest BCUT2D eigenvalue weighted by molar-refractivity contribution is 7.09. The van der Waals surface area contributed by atoms with Gasteiger partial charge < -0.3 is 14.9 Å². The molecule has 2 aliphatic rings. The number of rotatable bonds is 3. The van der Waals surface area contributed by atoms with Crippen LogP contribution in [0.2, 0.25) is 0 Å². The highest BCUT2D eigenvalue weighted by atomic mass is 32.1. The molecule has 2 aliphatic heterocycles. The molecular formula is C19H24F6N4O4S. The van der Waals surface area contributed by atoms with E-state index in [1.807, 2.05) is 12.3 Å². The average Bonchev–Trinajstić information content (AvgIpc) is 3.12. The topological polar surface area (TPSA) is 94.1 Å². The number of alkyl halides is 6. The van der Waals surface area contributed by atoms with Gasteiger partial charge in [0.1, 0.15) is 12.0 Å². The molecule has 2 saturated heterocycles. The molecule has 1 aromatic heterocycles. The molecule has 3 heterocycles. The smallest absolute Gasteiger partial charge is 0.475 e. The Labute approximate surface area is 195 Å². The van der Waals surface area contributed by atoms with Gasteiger partial charge in [-0.1, -0.05) is 0 Å². The third-order valence-electron chi connectivity index (χ3n) is 5.61. The van der Waals surface area contributed by atoms with Crippen LogP contribution in [0.15, 0.2) is 5.38 Å². The third-order valence-corrected chi connectivity index (χ3v) is 6.43. The Morgan fingerprint density at radius 3 is 2.12 bits per heavy atom. The molecule has 2 amide bonds. The molecule has 3 rings (SSSR count). The number of thiazole rings is 1. The van der Waals surface area contributed by atoms with E-state index in [9.17, 15) is 35.9 Å². The van der Waals surface area contributed by atoms with Crippen LogP contribution in [0.3, 0.4) is 0 Å². The first-order chi connectivity index (χ1) is 15.5. The molecule has 0 aromatic carbocycles. The zero-order valence-corrected chi connectivity index (χ0v) is 19.2. The first-order valence-electron chi connectivity index (χ1n) is 10.1. The molecule has 8 nitrogen and oxygen atoms in total. The number of aromatic nitrogens is 1. The normalized spacial score (nSPS) is 19.1. The summed E-state index contributed by atoms with van der Waals surface area (Å²) < 4.78 is 69.3. The van der Waals surface area contributed by atoms with Crippen LogP contribution in [0, 0.1) is 6.92 Å². The number of carboxylic acids is 1. The van der Waals surface area contributed by atoms with E-state index in [-0.39, 0.29) is 19.0 Å². The minimum Gasteiger partial charge on any atom is -0.475 e. The monoisotopic (exact) mass is 518 g/mol. The lowest BCUT2D eigenvalue weighted by Gasteiger charge is -2.52. The number of hydrogen-bond donors (Lipinski definition) is 1. The fraction of sp³-hybridized carbons (Fsp3) is 0.684.